The molecule has 0 aromatic carbocycles. The zero-order chi connectivity index (χ0) is 11.3. The van der Waals surface area contributed by atoms with Crippen LogP contribution in [0.25, 0.3) is 0 Å². The molecule has 1 amide bonds. The fourth-order valence-corrected chi connectivity index (χ4v) is 1.52. The topological polar surface area (TPSA) is 45.2 Å². The highest BCUT2D eigenvalue weighted by molar-refractivity contribution is 9.10. The molecule has 0 aliphatic rings. The van der Waals surface area contributed by atoms with Crippen LogP contribution in [0.5, 0.6) is 0 Å². The van der Waals surface area contributed by atoms with E-state index in [2.05, 4.69) is 26.2 Å². The Balaban J connectivity index is 2.78. The van der Waals surface area contributed by atoms with Gasteiger partial charge in [-0.2, -0.15) is 0 Å². The average Bonchev–Trinajstić information content (AvgIpc) is 2.25. The molecular weight excluding hydrogens is 258 g/mol. The molecule has 0 aliphatic heterocycles. The summed E-state index contributed by atoms with van der Waals surface area (Å²) in [6.07, 6.45) is 0. The van der Waals surface area contributed by atoms with Gasteiger partial charge >= 0.3 is 0 Å². The summed E-state index contributed by atoms with van der Waals surface area (Å²) in [5.74, 6) is 0.786. The number of hydrogen-bond donors (Lipinski definition) is 1. The number of pyridine rings is 1. The van der Waals surface area contributed by atoms with E-state index in [-0.39, 0.29) is 5.91 Å². The van der Waals surface area contributed by atoms with Gasteiger partial charge in [-0.1, -0.05) is 6.07 Å². The first kappa shape index (κ1) is 12.0. The van der Waals surface area contributed by atoms with Gasteiger partial charge in [0.2, 0.25) is 5.91 Å². The number of amides is 1. The lowest BCUT2D eigenvalue weighted by Gasteiger charge is -2.20. The second kappa shape index (κ2) is 5.70. The third-order valence-electron chi connectivity index (χ3n) is 2.02. The number of likely N-dealkylation sites (N-methyl/N-ethyl adjacent to an activating group) is 2. The summed E-state index contributed by atoms with van der Waals surface area (Å²) in [6.45, 7) is 3.07. The zero-order valence-electron chi connectivity index (χ0n) is 8.83. The van der Waals surface area contributed by atoms with E-state index in [0.717, 1.165) is 17.0 Å². The molecule has 82 valence electrons. The summed E-state index contributed by atoms with van der Waals surface area (Å²) in [7, 11) is 1.63. The zero-order valence-corrected chi connectivity index (χ0v) is 10.4. The van der Waals surface area contributed by atoms with Gasteiger partial charge in [0.25, 0.3) is 0 Å². The van der Waals surface area contributed by atoms with Crippen LogP contribution in [0.1, 0.15) is 6.92 Å². The molecule has 5 heteroatoms. The summed E-state index contributed by atoms with van der Waals surface area (Å²) in [6, 6.07) is 5.65. The van der Waals surface area contributed by atoms with Gasteiger partial charge in [0, 0.05) is 13.6 Å². The number of hydrogen-bond acceptors (Lipinski definition) is 3. The van der Waals surface area contributed by atoms with Gasteiger partial charge in [-0.25, -0.2) is 4.98 Å². The Morgan fingerprint density at radius 3 is 2.87 bits per heavy atom. The predicted octanol–water partition coefficient (Wildman–Crippen LogP) is 1.42. The van der Waals surface area contributed by atoms with Crippen molar-refractivity contribution in [3.05, 3.63) is 22.8 Å². The highest BCUT2D eigenvalue weighted by Crippen LogP contribution is 2.14. The number of aromatic nitrogens is 1. The van der Waals surface area contributed by atoms with Gasteiger partial charge in [-0.15, -0.1) is 0 Å². The Kier molecular flexibility index (Phi) is 4.55. The molecule has 0 unspecified atom stereocenters. The summed E-state index contributed by atoms with van der Waals surface area (Å²) in [4.78, 5) is 17.4. The molecule has 4 nitrogen and oxygen atoms in total. The molecule has 1 rings (SSSR count). The van der Waals surface area contributed by atoms with Gasteiger partial charge in [0.1, 0.15) is 10.4 Å². The lowest BCUT2D eigenvalue weighted by Crippen LogP contribution is -2.35. The minimum atomic E-state index is -0.0152. The third kappa shape index (κ3) is 3.51. The van der Waals surface area contributed by atoms with Crippen LogP contribution >= 0.6 is 15.9 Å². The smallest absolute Gasteiger partial charge is 0.239 e. The first-order valence-electron chi connectivity index (χ1n) is 4.75. The maximum atomic E-state index is 11.2. The summed E-state index contributed by atoms with van der Waals surface area (Å²) < 4.78 is 0.773. The summed E-state index contributed by atoms with van der Waals surface area (Å²) >= 11 is 3.30. The molecule has 0 saturated carbocycles. The number of carbonyl (C=O) groups excluding carboxylic acids is 1. The maximum absolute atomic E-state index is 11.2. The molecule has 15 heavy (non-hydrogen) atoms. The van der Waals surface area contributed by atoms with Crippen LogP contribution in [0.15, 0.2) is 22.8 Å². The van der Waals surface area contributed by atoms with E-state index in [0.29, 0.717) is 6.54 Å². The second-order valence-corrected chi connectivity index (χ2v) is 3.82. The van der Waals surface area contributed by atoms with Crippen LogP contribution in [0.3, 0.4) is 0 Å². The quantitative estimate of drug-likeness (QED) is 0.843. The lowest BCUT2D eigenvalue weighted by atomic mass is 10.4. The van der Waals surface area contributed by atoms with Crippen LogP contribution in [-0.4, -0.2) is 31.0 Å². The molecule has 1 aromatic rings. The van der Waals surface area contributed by atoms with Crippen molar-refractivity contribution in [1.82, 2.24) is 10.3 Å². The minimum Gasteiger partial charge on any atom is -0.358 e. The average molecular weight is 272 g/mol. The van der Waals surface area contributed by atoms with Crippen molar-refractivity contribution in [2.45, 2.75) is 6.92 Å². The number of anilines is 1. The molecular formula is C10H14BrN3O. The lowest BCUT2D eigenvalue weighted by molar-refractivity contribution is -0.119. The maximum Gasteiger partial charge on any atom is 0.239 e. The summed E-state index contributed by atoms with van der Waals surface area (Å²) in [5, 5.41) is 2.59. The van der Waals surface area contributed by atoms with Crippen LogP contribution in [0, 0.1) is 0 Å². The number of nitrogens with one attached hydrogen (secondary N) is 1. The van der Waals surface area contributed by atoms with E-state index >= 15 is 0 Å². The predicted molar refractivity (Wildman–Crippen MR) is 63.9 cm³/mol. The van der Waals surface area contributed by atoms with Crippen molar-refractivity contribution >= 4 is 27.7 Å². The van der Waals surface area contributed by atoms with E-state index in [1.54, 1.807) is 7.05 Å². The van der Waals surface area contributed by atoms with Crippen molar-refractivity contribution in [1.29, 1.82) is 0 Å². The molecule has 0 bridgehead atoms. The first-order valence-corrected chi connectivity index (χ1v) is 5.54. The second-order valence-electron chi connectivity index (χ2n) is 3.01. The molecule has 0 fully saturated rings. The fourth-order valence-electron chi connectivity index (χ4n) is 1.18. The molecule has 1 N–H and O–H groups in total. The number of nitrogens with zero attached hydrogens (tertiary/aromatic N) is 2. The van der Waals surface area contributed by atoms with Crippen molar-refractivity contribution in [2.24, 2.45) is 0 Å². The fraction of sp³-hybridized carbons (Fsp3) is 0.400. The Labute approximate surface area is 97.8 Å². The van der Waals surface area contributed by atoms with Crippen molar-refractivity contribution in [3.8, 4) is 0 Å². The number of halogens is 1. The first-order chi connectivity index (χ1) is 7.17. The van der Waals surface area contributed by atoms with Crippen LogP contribution in [0.2, 0.25) is 0 Å². The van der Waals surface area contributed by atoms with Gasteiger partial charge in [-0.3, -0.25) is 4.79 Å². The van der Waals surface area contributed by atoms with Gasteiger partial charge < -0.3 is 10.2 Å². The molecule has 1 aromatic heterocycles. The molecule has 1 heterocycles. The van der Waals surface area contributed by atoms with Gasteiger partial charge in [-0.05, 0) is 35.0 Å². The Morgan fingerprint density at radius 2 is 2.33 bits per heavy atom. The van der Waals surface area contributed by atoms with Crippen LogP contribution in [0.4, 0.5) is 5.82 Å². The largest absolute Gasteiger partial charge is 0.358 e. The third-order valence-corrected chi connectivity index (χ3v) is 2.46. The highest BCUT2D eigenvalue weighted by Gasteiger charge is 2.09. The van der Waals surface area contributed by atoms with Crippen LogP contribution in [-0.2, 0) is 4.79 Å². The molecule has 0 saturated heterocycles. The van der Waals surface area contributed by atoms with E-state index in [1.165, 1.54) is 0 Å². The van der Waals surface area contributed by atoms with Crippen molar-refractivity contribution in [2.75, 3.05) is 25.0 Å². The van der Waals surface area contributed by atoms with E-state index in [4.69, 9.17) is 0 Å². The van der Waals surface area contributed by atoms with Gasteiger partial charge in [0.15, 0.2) is 0 Å². The van der Waals surface area contributed by atoms with Crippen molar-refractivity contribution in [3.63, 3.8) is 0 Å². The molecule has 0 atom stereocenters. The number of rotatable bonds is 4. The van der Waals surface area contributed by atoms with Crippen LogP contribution < -0.4 is 10.2 Å². The van der Waals surface area contributed by atoms with E-state index in [9.17, 15) is 4.79 Å². The SMILES string of the molecule is CCN(CC(=O)NC)c1cccc(Br)n1. The van der Waals surface area contributed by atoms with Gasteiger partial charge in [0.05, 0.1) is 6.54 Å². The monoisotopic (exact) mass is 271 g/mol. The standard InChI is InChI=1S/C10H14BrN3O/c1-3-14(7-10(15)12-2)9-6-4-5-8(11)13-9/h4-6H,3,7H2,1-2H3,(H,12,15). The Morgan fingerprint density at radius 1 is 1.60 bits per heavy atom. The highest BCUT2D eigenvalue weighted by atomic mass is 79.9. The molecule has 0 spiro atoms. The van der Waals surface area contributed by atoms with E-state index in [1.807, 2.05) is 30.0 Å². The Bertz CT molecular complexity index is 343. The van der Waals surface area contributed by atoms with Crippen molar-refractivity contribution < 1.29 is 4.79 Å². The number of carbonyl (C=O) groups is 1. The van der Waals surface area contributed by atoms with E-state index < -0.39 is 0 Å². The molecule has 0 aliphatic carbocycles. The molecule has 0 radical (unpaired) electrons. The normalized spacial score (nSPS) is 9.80. The Hall–Kier alpha value is -1.10. The minimum absolute atomic E-state index is 0.0152. The summed E-state index contributed by atoms with van der Waals surface area (Å²) in [5.41, 5.74) is 0.